The number of para-hydroxylation sites is 2. The van der Waals surface area contributed by atoms with Crippen LogP contribution in [0.4, 0.5) is 22.9 Å². The molecule has 1 aliphatic rings. The van der Waals surface area contributed by atoms with Crippen molar-refractivity contribution in [1.29, 1.82) is 5.26 Å². The number of pyridine rings is 1. The van der Waals surface area contributed by atoms with Crippen LogP contribution < -0.4 is 16.0 Å². The molecule has 20 heavy (non-hydrogen) atoms. The number of nitrogens with zero attached hydrogens (tertiary/aromatic N) is 3. The summed E-state index contributed by atoms with van der Waals surface area (Å²) in [5.41, 5.74) is 8.25. The van der Waals surface area contributed by atoms with Gasteiger partial charge in [0, 0.05) is 6.20 Å². The van der Waals surface area contributed by atoms with Crippen LogP contribution in [0, 0.1) is 11.3 Å². The first kappa shape index (κ1) is 12.0. The zero-order chi connectivity index (χ0) is 14.1. The lowest BCUT2D eigenvalue weighted by molar-refractivity contribution is -0.115. The van der Waals surface area contributed by atoms with Crippen molar-refractivity contribution in [3.8, 4) is 6.07 Å². The molecule has 3 N–H and O–H groups in total. The van der Waals surface area contributed by atoms with Crippen LogP contribution in [0.5, 0.6) is 0 Å². The van der Waals surface area contributed by atoms with Gasteiger partial charge in [-0.3, -0.25) is 4.79 Å². The molecule has 6 nitrogen and oxygen atoms in total. The molecule has 2 heterocycles. The smallest absolute Gasteiger partial charge is 0.244 e. The maximum absolute atomic E-state index is 11.8. The molecule has 3 rings (SSSR count). The number of aromatic nitrogens is 1. The fourth-order valence-corrected chi connectivity index (χ4v) is 2.18. The fourth-order valence-electron chi connectivity index (χ4n) is 2.18. The third-order valence-corrected chi connectivity index (χ3v) is 3.05. The minimum atomic E-state index is -0.130. The topological polar surface area (TPSA) is 95.0 Å². The highest BCUT2D eigenvalue weighted by atomic mass is 16.2. The maximum Gasteiger partial charge on any atom is 0.244 e. The summed E-state index contributed by atoms with van der Waals surface area (Å²) in [5, 5.41) is 11.6. The van der Waals surface area contributed by atoms with E-state index in [1.165, 1.54) is 6.20 Å². The van der Waals surface area contributed by atoms with Gasteiger partial charge in [-0.1, -0.05) is 12.1 Å². The molecule has 0 atom stereocenters. The molecule has 0 bridgehead atoms. The van der Waals surface area contributed by atoms with E-state index in [1.54, 1.807) is 11.0 Å². The molecule has 1 aromatic carbocycles. The molecule has 0 saturated heterocycles. The number of hydrogen-bond acceptors (Lipinski definition) is 5. The van der Waals surface area contributed by atoms with Crippen molar-refractivity contribution in [2.45, 2.75) is 0 Å². The summed E-state index contributed by atoms with van der Waals surface area (Å²) in [6.07, 6.45) is 1.45. The maximum atomic E-state index is 11.8. The minimum Gasteiger partial charge on any atom is -0.396 e. The lowest BCUT2D eigenvalue weighted by Crippen LogP contribution is -2.35. The Morgan fingerprint density at radius 2 is 2.20 bits per heavy atom. The second-order valence-corrected chi connectivity index (χ2v) is 4.40. The van der Waals surface area contributed by atoms with Crippen LogP contribution in [-0.2, 0) is 4.79 Å². The normalized spacial score (nSPS) is 13.3. The SMILES string of the molecule is N#Cc1cnc(N2CC(=O)Nc3ccccc32)c(N)c1. The Kier molecular flexibility index (Phi) is 2.73. The number of hydrogen-bond donors (Lipinski definition) is 2. The Balaban J connectivity index is 2.11. The van der Waals surface area contributed by atoms with Gasteiger partial charge in [0.2, 0.25) is 5.91 Å². The van der Waals surface area contributed by atoms with Gasteiger partial charge in [-0.15, -0.1) is 0 Å². The molecule has 2 aromatic rings. The highest BCUT2D eigenvalue weighted by Crippen LogP contribution is 2.36. The van der Waals surface area contributed by atoms with Crippen LogP contribution in [0.3, 0.4) is 0 Å². The number of nitrogen functional groups attached to an aromatic ring is 1. The second kappa shape index (κ2) is 4.55. The van der Waals surface area contributed by atoms with Gasteiger partial charge in [0.05, 0.1) is 22.6 Å². The molecule has 0 unspecified atom stereocenters. The van der Waals surface area contributed by atoms with Crippen molar-refractivity contribution in [3.05, 3.63) is 42.1 Å². The summed E-state index contributed by atoms with van der Waals surface area (Å²) in [6, 6.07) is 11.0. The number of carbonyl (C=O) groups excluding carboxylic acids is 1. The molecule has 0 saturated carbocycles. The second-order valence-electron chi connectivity index (χ2n) is 4.40. The predicted molar refractivity (Wildman–Crippen MR) is 75.4 cm³/mol. The minimum absolute atomic E-state index is 0.130. The number of fused-ring (bicyclic) bond motifs is 1. The number of nitriles is 1. The van der Waals surface area contributed by atoms with Crippen LogP contribution in [0.1, 0.15) is 5.56 Å². The monoisotopic (exact) mass is 265 g/mol. The molecule has 0 spiro atoms. The summed E-state index contributed by atoms with van der Waals surface area (Å²) in [6.45, 7) is 0.139. The molecule has 1 aromatic heterocycles. The van der Waals surface area contributed by atoms with Crippen LogP contribution in [-0.4, -0.2) is 17.4 Å². The Bertz CT molecular complexity index is 735. The van der Waals surface area contributed by atoms with Crippen molar-refractivity contribution in [1.82, 2.24) is 4.98 Å². The number of anilines is 4. The Labute approximate surface area is 115 Å². The van der Waals surface area contributed by atoms with Crippen LogP contribution in [0.15, 0.2) is 36.5 Å². The van der Waals surface area contributed by atoms with Crippen LogP contribution >= 0.6 is 0 Å². The van der Waals surface area contributed by atoms with E-state index in [0.29, 0.717) is 22.8 Å². The average molecular weight is 265 g/mol. The van der Waals surface area contributed by atoms with Gasteiger partial charge in [-0.25, -0.2) is 4.98 Å². The highest BCUT2D eigenvalue weighted by Gasteiger charge is 2.25. The van der Waals surface area contributed by atoms with Crippen LogP contribution in [0.25, 0.3) is 0 Å². The van der Waals surface area contributed by atoms with E-state index in [1.807, 2.05) is 30.3 Å². The standard InChI is InChI=1S/C14H11N5O/c15-6-9-5-10(16)14(17-7-9)19-8-13(20)18-11-3-1-2-4-12(11)19/h1-5,7H,8,16H2,(H,18,20). The molecule has 6 heteroatoms. The number of nitrogens with two attached hydrogens (primary N) is 1. The van der Waals surface area contributed by atoms with Gasteiger partial charge in [0.1, 0.15) is 12.6 Å². The van der Waals surface area contributed by atoms with Crippen LogP contribution in [0.2, 0.25) is 0 Å². The molecular weight excluding hydrogens is 254 g/mol. The zero-order valence-corrected chi connectivity index (χ0v) is 10.5. The first-order valence-electron chi connectivity index (χ1n) is 6.01. The van der Waals surface area contributed by atoms with E-state index in [2.05, 4.69) is 10.3 Å². The molecular formula is C14H11N5O. The average Bonchev–Trinajstić information content (AvgIpc) is 2.46. The number of rotatable bonds is 1. The highest BCUT2D eigenvalue weighted by molar-refractivity contribution is 6.03. The summed E-state index contributed by atoms with van der Waals surface area (Å²) >= 11 is 0. The van der Waals surface area contributed by atoms with Crippen molar-refractivity contribution in [3.63, 3.8) is 0 Å². The lowest BCUT2D eigenvalue weighted by Gasteiger charge is -2.30. The van der Waals surface area contributed by atoms with Gasteiger partial charge in [-0.05, 0) is 18.2 Å². The van der Waals surface area contributed by atoms with Gasteiger partial charge in [0.25, 0.3) is 0 Å². The van der Waals surface area contributed by atoms with Gasteiger partial charge in [0.15, 0.2) is 5.82 Å². The lowest BCUT2D eigenvalue weighted by atomic mass is 10.1. The van der Waals surface area contributed by atoms with E-state index in [9.17, 15) is 4.79 Å². The predicted octanol–water partition coefficient (Wildman–Crippen LogP) is 1.63. The van der Waals surface area contributed by atoms with Crippen molar-refractivity contribution < 1.29 is 4.79 Å². The third-order valence-electron chi connectivity index (χ3n) is 3.05. The first-order valence-corrected chi connectivity index (χ1v) is 6.01. The van der Waals surface area contributed by atoms with Gasteiger partial charge in [-0.2, -0.15) is 5.26 Å². The molecule has 0 aliphatic carbocycles. The number of carbonyl (C=O) groups is 1. The van der Waals surface area contributed by atoms with E-state index in [4.69, 9.17) is 11.0 Å². The Morgan fingerprint density at radius 3 is 2.95 bits per heavy atom. The molecule has 98 valence electrons. The third kappa shape index (κ3) is 1.91. The first-order chi connectivity index (χ1) is 9.69. The molecule has 0 radical (unpaired) electrons. The fraction of sp³-hybridized carbons (Fsp3) is 0.0714. The molecule has 1 amide bonds. The Hall–Kier alpha value is -3.07. The van der Waals surface area contributed by atoms with Crippen molar-refractivity contribution >= 4 is 28.8 Å². The van der Waals surface area contributed by atoms with E-state index >= 15 is 0 Å². The summed E-state index contributed by atoms with van der Waals surface area (Å²) in [5.74, 6) is 0.348. The van der Waals surface area contributed by atoms with E-state index in [-0.39, 0.29) is 12.5 Å². The number of nitrogens with one attached hydrogen (secondary N) is 1. The van der Waals surface area contributed by atoms with E-state index in [0.717, 1.165) is 5.69 Å². The van der Waals surface area contributed by atoms with Gasteiger partial charge >= 0.3 is 0 Å². The van der Waals surface area contributed by atoms with Gasteiger partial charge < -0.3 is 16.0 Å². The summed E-state index contributed by atoms with van der Waals surface area (Å²) < 4.78 is 0. The number of benzene rings is 1. The van der Waals surface area contributed by atoms with E-state index < -0.39 is 0 Å². The molecule has 1 aliphatic heterocycles. The summed E-state index contributed by atoms with van der Waals surface area (Å²) in [7, 11) is 0. The number of amides is 1. The zero-order valence-electron chi connectivity index (χ0n) is 10.5. The van der Waals surface area contributed by atoms with Crippen molar-refractivity contribution in [2.75, 3.05) is 22.5 Å². The largest absolute Gasteiger partial charge is 0.396 e. The quantitative estimate of drug-likeness (QED) is 0.817. The molecule has 0 fully saturated rings. The van der Waals surface area contributed by atoms with Crippen molar-refractivity contribution in [2.24, 2.45) is 0 Å². The Morgan fingerprint density at radius 1 is 1.40 bits per heavy atom. The summed E-state index contributed by atoms with van der Waals surface area (Å²) in [4.78, 5) is 17.7.